The van der Waals surface area contributed by atoms with Crippen LogP contribution in [-0.2, 0) is 7.05 Å². The number of hydrogen-bond acceptors (Lipinski definition) is 3. The Balaban J connectivity index is 2.36. The first-order chi connectivity index (χ1) is 8.11. The minimum atomic E-state index is 0.589. The summed E-state index contributed by atoms with van der Waals surface area (Å²) in [4.78, 5) is 0. The maximum atomic E-state index is 9.09. The van der Waals surface area contributed by atoms with E-state index in [1.807, 2.05) is 38.2 Å². The van der Waals surface area contributed by atoms with Crippen LogP contribution in [0.4, 0.5) is 11.5 Å². The third-order valence-electron chi connectivity index (χ3n) is 2.44. The van der Waals surface area contributed by atoms with Crippen molar-refractivity contribution in [3.63, 3.8) is 0 Å². The summed E-state index contributed by atoms with van der Waals surface area (Å²) < 4.78 is 2.86. The summed E-state index contributed by atoms with van der Waals surface area (Å²) in [7, 11) is 1.82. The lowest BCUT2D eigenvalue weighted by atomic mass is 10.2. The molecule has 0 saturated heterocycles. The summed E-state index contributed by atoms with van der Waals surface area (Å²) >= 11 is 2.25. The van der Waals surface area contributed by atoms with Crippen molar-refractivity contribution in [1.29, 1.82) is 5.26 Å². The summed E-state index contributed by atoms with van der Waals surface area (Å²) in [6, 6.07) is 10.1. The van der Waals surface area contributed by atoms with Crippen LogP contribution in [0.1, 0.15) is 11.3 Å². The van der Waals surface area contributed by atoms with Crippen LogP contribution in [0.15, 0.2) is 24.3 Å². The zero-order chi connectivity index (χ0) is 12.4. The minimum absolute atomic E-state index is 0.589. The molecule has 0 aliphatic heterocycles. The highest BCUT2D eigenvalue weighted by Crippen LogP contribution is 2.22. The van der Waals surface area contributed by atoms with Crippen LogP contribution in [0, 0.1) is 21.8 Å². The van der Waals surface area contributed by atoms with Gasteiger partial charge in [-0.05, 0) is 53.8 Å². The Morgan fingerprint density at radius 3 is 2.59 bits per heavy atom. The Morgan fingerprint density at radius 1 is 1.35 bits per heavy atom. The standard InChI is InChI=1S/C12H11IN4/c1-8-11(7-14)12(17(2)16-8)15-10-5-3-9(13)4-6-10/h3-6,15H,1-2H3. The molecule has 1 aromatic heterocycles. The van der Waals surface area contributed by atoms with Crippen molar-refractivity contribution in [3.8, 4) is 6.07 Å². The van der Waals surface area contributed by atoms with Crippen molar-refractivity contribution >= 4 is 34.1 Å². The molecule has 1 N–H and O–H groups in total. The first kappa shape index (κ1) is 11.9. The Kier molecular flexibility index (Phi) is 3.33. The van der Waals surface area contributed by atoms with Gasteiger partial charge in [0.25, 0.3) is 0 Å². The van der Waals surface area contributed by atoms with E-state index in [-0.39, 0.29) is 0 Å². The van der Waals surface area contributed by atoms with Gasteiger partial charge in [-0.15, -0.1) is 0 Å². The number of benzene rings is 1. The molecule has 1 aromatic carbocycles. The van der Waals surface area contributed by atoms with Crippen LogP contribution < -0.4 is 5.32 Å². The quantitative estimate of drug-likeness (QED) is 0.857. The molecular formula is C12H11IN4. The van der Waals surface area contributed by atoms with Gasteiger partial charge in [-0.1, -0.05) is 0 Å². The lowest BCUT2D eigenvalue weighted by Gasteiger charge is -2.06. The van der Waals surface area contributed by atoms with Gasteiger partial charge in [0.1, 0.15) is 17.5 Å². The summed E-state index contributed by atoms with van der Waals surface area (Å²) in [6.07, 6.45) is 0. The smallest absolute Gasteiger partial charge is 0.146 e. The average Bonchev–Trinajstić information content (AvgIpc) is 2.57. The Morgan fingerprint density at radius 2 is 2.00 bits per heavy atom. The van der Waals surface area contributed by atoms with Crippen molar-refractivity contribution < 1.29 is 0 Å². The first-order valence-corrected chi connectivity index (χ1v) is 6.16. The van der Waals surface area contributed by atoms with Gasteiger partial charge in [-0.25, -0.2) is 0 Å². The topological polar surface area (TPSA) is 53.6 Å². The Hall–Kier alpha value is -1.55. The predicted molar refractivity (Wildman–Crippen MR) is 75.1 cm³/mol. The van der Waals surface area contributed by atoms with E-state index in [2.05, 4.69) is 39.1 Å². The third-order valence-corrected chi connectivity index (χ3v) is 3.16. The normalized spacial score (nSPS) is 10.0. The molecule has 0 amide bonds. The number of nitriles is 1. The molecule has 2 aromatic rings. The van der Waals surface area contributed by atoms with Crippen molar-refractivity contribution in [1.82, 2.24) is 9.78 Å². The molecule has 0 saturated carbocycles. The monoisotopic (exact) mass is 338 g/mol. The summed E-state index contributed by atoms with van der Waals surface area (Å²) in [6.45, 7) is 1.83. The molecule has 1 heterocycles. The molecule has 86 valence electrons. The molecule has 0 bridgehead atoms. The lowest BCUT2D eigenvalue weighted by Crippen LogP contribution is -2.00. The van der Waals surface area contributed by atoms with E-state index in [0.29, 0.717) is 5.56 Å². The second-order valence-corrected chi connectivity index (χ2v) is 4.92. The number of rotatable bonds is 2. The highest BCUT2D eigenvalue weighted by molar-refractivity contribution is 14.1. The molecule has 2 rings (SSSR count). The molecule has 0 fully saturated rings. The van der Waals surface area contributed by atoms with E-state index in [1.165, 1.54) is 3.57 Å². The van der Waals surface area contributed by atoms with Gasteiger partial charge in [-0.2, -0.15) is 10.4 Å². The van der Waals surface area contributed by atoms with Gasteiger partial charge in [0.2, 0.25) is 0 Å². The van der Waals surface area contributed by atoms with Crippen molar-refractivity contribution in [2.75, 3.05) is 5.32 Å². The van der Waals surface area contributed by atoms with E-state index in [4.69, 9.17) is 5.26 Å². The van der Waals surface area contributed by atoms with Gasteiger partial charge >= 0.3 is 0 Å². The number of nitrogens with zero attached hydrogens (tertiary/aromatic N) is 3. The van der Waals surface area contributed by atoms with Crippen molar-refractivity contribution in [3.05, 3.63) is 39.1 Å². The fourth-order valence-corrected chi connectivity index (χ4v) is 1.96. The molecule has 5 heteroatoms. The second-order valence-electron chi connectivity index (χ2n) is 3.68. The summed E-state index contributed by atoms with van der Waals surface area (Å²) in [5.74, 6) is 0.728. The fourth-order valence-electron chi connectivity index (χ4n) is 1.61. The highest BCUT2D eigenvalue weighted by Gasteiger charge is 2.12. The van der Waals surface area contributed by atoms with Gasteiger partial charge in [0.15, 0.2) is 0 Å². The van der Waals surface area contributed by atoms with Gasteiger partial charge < -0.3 is 5.32 Å². The highest BCUT2D eigenvalue weighted by atomic mass is 127. The zero-order valence-corrected chi connectivity index (χ0v) is 11.7. The number of hydrogen-bond donors (Lipinski definition) is 1. The number of anilines is 2. The average molecular weight is 338 g/mol. The van der Waals surface area contributed by atoms with Crippen LogP contribution in [0.25, 0.3) is 0 Å². The van der Waals surface area contributed by atoms with E-state index >= 15 is 0 Å². The molecule has 0 atom stereocenters. The molecule has 4 nitrogen and oxygen atoms in total. The third kappa shape index (κ3) is 2.42. The largest absolute Gasteiger partial charge is 0.339 e. The molecule has 0 spiro atoms. The molecule has 0 aliphatic carbocycles. The molecular weight excluding hydrogens is 327 g/mol. The molecule has 0 radical (unpaired) electrons. The van der Waals surface area contributed by atoms with E-state index in [1.54, 1.807) is 4.68 Å². The van der Waals surface area contributed by atoms with Crippen LogP contribution in [0.2, 0.25) is 0 Å². The first-order valence-electron chi connectivity index (χ1n) is 5.08. The maximum absolute atomic E-state index is 9.09. The molecule has 0 aliphatic rings. The number of halogens is 1. The lowest BCUT2D eigenvalue weighted by molar-refractivity contribution is 0.765. The molecule has 0 unspecified atom stereocenters. The van der Waals surface area contributed by atoms with Crippen LogP contribution in [0.5, 0.6) is 0 Å². The Labute approximate surface area is 113 Å². The Bertz CT molecular complexity index is 578. The van der Waals surface area contributed by atoms with Crippen molar-refractivity contribution in [2.45, 2.75) is 6.92 Å². The van der Waals surface area contributed by atoms with Gasteiger partial charge in [0.05, 0.1) is 5.69 Å². The number of aryl methyl sites for hydroxylation is 2. The van der Waals surface area contributed by atoms with Gasteiger partial charge in [0, 0.05) is 16.3 Å². The van der Waals surface area contributed by atoms with Crippen LogP contribution in [0.3, 0.4) is 0 Å². The summed E-state index contributed by atoms with van der Waals surface area (Å²) in [5.41, 5.74) is 2.28. The maximum Gasteiger partial charge on any atom is 0.146 e. The van der Waals surface area contributed by atoms with Crippen molar-refractivity contribution in [2.24, 2.45) is 7.05 Å². The number of nitrogens with one attached hydrogen (secondary N) is 1. The van der Waals surface area contributed by atoms with E-state index in [9.17, 15) is 0 Å². The second kappa shape index (κ2) is 4.75. The van der Waals surface area contributed by atoms with Gasteiger partial charge in [-0.3, -0.25) is 4.68 Å². The zero-order valence-electron chi connectivity index (χ0n) is 9.53. The van der Waals surface area contributed by atoms with E-state index in [0.717, 1.165) is 17.2 Å². The fraction of sp³-hybridized carbons (Fsp3) is 0.167. The van der Waals surface area contributed by atoms with E-state index < -0.39 is 0 Å². The van der Waals surface area contributed by atoms with Crippen LogP contribution >= 0.6 is 22.6 Å². The minimum Gasteiger partial charge on any atom is -0.339 e. The molecule has 17 heavy (non-hydrogen) atoms. The summed E-state index contributed by atoms with van der Waals surface area (Å²) in [5, 5.41) is 16.5. The predicted octanol–water partition coefficient (Wildman–Crippen LogP) is 2.95. The SMILES string of the molecule is Cc1nn(C)c(Nc2ccc(I)cc2)c1C#N. The number of aromatic nitrogens is 2. The van der Waals surface area contributed by atoms with Crippen LogP contribution in [-0.4, -0.2) is 9.78 Å².